The molecule has 1 aliphatic heterocycles. The van der Waals surface area contributed by atoms with E-state index < -0.39 is 0 Å². The second-order valence-electron chi connectivity index (χ2n) is 4.48. The molecule has 0 spiro atoms. The lowest BCUT2D eigenvalue weighted by Gasteiger charge is -2.26. The smallest absolute Gasteiger partial charge is 0.0480 e. The van der Waals surface area contributed by atoms with Crippen molar-refractivity contribution in [2.75, 3.05) is 26.4 Å². The summed E-state index contributed by atoms with van der Waals surface area (Å²) in [6.07, 6.45) is 2.21. The average Bonchev–Trinajstić information content (AvgIpc) is 2.20. The van der Waals surface area contributed by atoms with E-state index in [1.165, 1.54) is 0 Å². The standard InChI is InChI=1S/C11H23NO2/c1-9(2)10(8-13)7-12-11-3-5-14-6-4-11/h9-13H,3-8H2,1-2H3. The third-order valence-corrected chi connectivity index (χ3v) is 3.07. The Morgan fingerprint density at radius 1 is 1.36 bits per heavy atom. The number of rotatable bonds is 5. The van der Waals surface area contributed by atoms with Crippen LogP contribution in [-0.4, -0.2) is 37.5 Å². The molecule has 1 atom stereocenters. The molecule has 1 unspecified atom stereocenters. The van der Waals surface area contributed by atoms with Gasteiger partial charge in [0, 0.05) is 32.4 Å². The molecule has 3 nitrogen and oxygen atoms in total. The third-order valence-electron chi connectivity index (χ3n) is 3.07. The summed E-state index contributed by atoms with van der Waals surface area (Å²) in [5.41, 5.74) is 0. The molecular formula is C11H23NO2. The van der Waals surface area contributed by atoms with Crippen LogP contribution in [0.5, 0.6) is 0 Å². The zero-order chi connectivity index (χ0) is 10.4. The van der Waals surface area contributed by atoms with Crippen LogP contribution in [0.4, 0.5) is 0 Å². The lowest BCUT2D eigenvalue weighted by molar-refractivity contribution is 0.0743. The highest BCUT2D eigenvalue weighted by molar-refractivity contribution is 4.73. The van der Waals surface area contributed by atoms with Gasteiger partial charge in [0.1, 0.15) is 0 Å². The molecule has 3 heteroatoms. The van der Waals surface area contributed by atoms with E-state index in [0.717, 1.165) is 32.6 Å². The van der Waals surface area contributed by atoms with Crippen LogP contribution in [0.1, 0.15) is 26.7 Å². The lowest BCUT2D eigenvalue weighted by Crippen LogP contribution is -2.39. The molecule has 0 bridgehead atoms. The van der Waals surface area contributed by atoms with Gasteiger partial charge in [-0.2, -0.15) is 0 Å². The number of aliphatic hydroxyl groups is 1. The molecule has 2 N–H and O–H groups in total. The Morgan fingerprint density at radius 3 is 2.50 bits per heavy atom. The number of hydrogen-bond donors (Lipinski definition) is 2. The van der Waals surface area contributed by atoms with Gasteiger partial charge in [-0.15, -0.1) is 0 Å². The van der Waals surface area contributed by atoms with E-state index in [0.29, 0.717) is 17.9 Å². The quantitative estimate of drug-likeness (QED) is 0.698. The van der Waals surface area contributed by atoms with Gasteiger partial charge in [0.25, 0.3) is 0 Å². The van der Waals surface area contributed by atoms with Crippen molar-refractivity contribution in [1.82, 2.24) is 5.32 Å². The summed E-state index contributed by atoms with van der Waals surface area (Å²) in [5.74, 6) is 0.935. The number of aliphatic hydroxyl groups excluding tert-OH is 1. The second-order valence-corrected chi connectivity index (χ2v) is 4.48. The van der Waals surface area contributed by atoms with Gasteiger partial charge in [0.15, 0.2) is 0 Å². The first-order chi connectivity index (χ1) is 6.74. The molecule has 0 radical (unpaired) electrons. The maximum absolute atomic E-state index is 9.16. The summed E-state index contributed by atoms with van der Waals surface area (Å²) < 4.78 is 5.29. The molecule has 84 valence electrons. The van der Waals surface area contributed by atoms with E-state index >= 15 is 0 Å². The largest absolute Gasteiger partial charge is 0.396 e. The molecule has 1 aliphatic rings. The van der Waals surface area contributed by atoms with E-state index in [-0.39, 0.29) is 6.61 Å². The van der Waals surface area contributed by atoms with Crippen LogP contribution in [0.3, 0.4) is 0 Å². The SMILES string of the molecule is CC(C)C(CO)CNC1CCOCC1. The Labute approximate surface area is 86.8 Å². The molecule has 14 heavy (non-hydrogen) atoms. The van der Waals surface area contributed by atoms with Gasteiger partial charge in [-0.3, -0.25) is 0 Å². The van der Waals surface area contributed by atoms with Crippen LogP contribution < -0.4 is 5.32 Å². The number of hydrogen-bond acceptors (Lipinski definition) is 3. The zero-order valence-electron chi connectivity index (χ0n) is 9.33. The fraction of sp³-hybridized carbons (Fsp3) is 1.00. The Bertz CT molecular complexity index is 144. The summed E-state index contributed by atoms with van der Waals surface area (Å²) in [4.78, 5) is 0. The van der Waals surface area contributed by atoms with Gasteiger partial charge in [-0.05, 0) is 24.7 Å². The van der Waals surface area contributed by atoms with Crippen molar-refractivity contribution in [3.05, 3.63) is 0 Å². The first-order valence-corrected chi connectivity index (χ1v) is 5.66. The predicted molar refractivity (Wildman–Crippen MR) is 57.3 cm³/mol. The molecular weight excluding hydrogens is 178 g/mol. The molecule has 0 aromatic heterocycles. The maximum Gasteiger partial charge on any atom is 0.0480 e. The van der Waals surface area contributed by atoms with E-state index in [9.17, 15) is 0 Å². The van der Waals surface area contributed by atoms with E-state index in [1.807, 2.05) is 0 Å². The van der Waals surface area contributed by atoms with E-state index in [2.05, 4.69) is 19.2 Å². The van der Waals surface area contributed by atoms with Crippen molar-refractivity contribution >= 4 is 0 Å². The van der Waals surface area contributed by atoms with Crippen molar-refractivity contribution in [3.8, 4) is 0 Å². The molecule has 0 aromatic carbocycles. The van der Waals surface area contributed by atoms with Crippen LogP contribution in [0.15, 0.2) is 0 Å². The summed E-state index contributed by atoms with van der Waals surface area (Å²) in [6, 6.07) is 0.594. The maximum atomic E-state index is 9.16. The zero-order valence-corrected chi connectivity index (χ0v) is 9.33. The monoisotopic (exact) mass is 201 g/mol. The normalized spacial score (nSPS) is 21.4. The highest BCUT2D eigenvalue weighted by atomic mass is 16.5. The first-order valence-electron chi connectivity index (χ1n) is 5.66. The topological polar surface area (TPSA) is 41.5 Å². The molecule has 1 heterocycles. The lowest BCUT2D eigenvalue weighted by atomic mass is 9.96. The molecule has 1 fully saturated rings. The summed E-state index contributed by atoms with van der Waals surface area (Å²) >= 11 is 0. The van der Waals surface area contributed by atoms with Crippen molar-refractivity contribution < 1.29 is 9.84 Å². The van der Waals surface area contributed by atoms with Crippen molar-refractivity contribution in [2.24, 2.45) is 11.8 Å². The minimum atomic E-state index is 0.286. The Morgan fingerprint density at radius 2 is 2.00 bits per heavy atom. The van der Waals surface area contributed by atoms with Gasteiger partial charge in [0.05, 0.1) is 0 Å². The van der Waals surface area contributed by atoms with Crippen LogP contribution in [0.2, 0.25) is 0 Å². The predicted octanol–water partition coefficient (Wildman–Crippen LogP) is 1.02. The summed E-state index contributed by atoms with van der Waals surface area (Å²) in [5, 5.41) is 12.7. The van der Waals surface area contributed by atoms with Crippen molar-refractivity contribution in [3.63, 3.8) is 0 Å². The molecule has 1 saturated heterocycles. The molecule has 1 rings (SSSR count). The van der Waals surface area contributed by atoms with E-state index in [4.69, 9.17) is 9.84 Å². The van der Waals surface area contributed by atoms with Crippen molar-refractivity contribution in [1.29, 1.82) is 0 Å². The highest BCUT2D eigenvalue weighted by Gasteiger charge is 2.17. The third kappa shape index (κ3) is 3.95. The fourth-order valence-corrected chi connectivity index (χ4v) is 1.73. The minimum absolute atomic E-state index is 0.286. The minimum Gasteiger partial charge on any atom is -0.396 e. The average molecular weight is 201 g/mol. The van der Waals surface area contributed by atoms with Crippen LogP contribution >= 0.6 is 0 Å². The van der Waals surface area contributed by atoms with Gasteiger partial charge < -0.3 is 15.2 Å². The second kappa shape index (κ2) is 6.38. The van der Waals surface area contributed by atoms with Crippen molar-refractivity contribution in [2.45, 2.75) is 32.7 Å². The summed E-state index contributed by atoms with van der Waals surface area (Å²) in [6.45, 7) is 7.29. The van der Waals surface area contributed by atoms with Gasteiger partial charge >= 0.3 is 0 Å². The number of nitrogens with one attached hydrogen (secondary N) is 1. The van der Waals surface area contributed by atoms with Gasteiger partial charge in [0.2, 0.25) is 0 Å². The Balaban J connectivity index is 2.16. The Kier molecular flexibility index (Phi) is 5.45. The fourth-order valence-electron chi connectivity index (χ4n) is 1.73. The van der Waals surface area contributed by atoms with Gasteiger partial charge in [-0.1, -0.05) is 13.8 Å². The molecule has 0 aliphatic carbocycles. The van der Waals surface area contributed by atoms with E-state index in [1.54, 1.807) is 0 Å². The number of ether oxygens (including phenoxy) is 1. The summed E-state index contributed by atoms with van der Waals surface area (Å²) in [7, 11) is 0. The molecule has 0 aromatic rings. The molecule has 0 saturated carbocycles. The van der Waals surface area contributed by atoms with Crippen LogP contribution in [0.25, 0.3) is 0 Å². The van der Waals surface area contributed by atoms with Gasteiger partial charge in [-0.25, -0.2) is 0 Å². The van der Waals surface area contributed by atoms with Crippen LogP contribution in [0, 0.1) is 11.8 Å². The highest BCUT2D eigenvalue weighted by Crippen LogP contribution is 2.11. The van der Waals surface area contributed by atoms with Crippen LogP contribution in [-0.2, 0) is 4.74 Å². The Hall–Kier alpha value is -0.120. The molecule has 0 amide bonds. The first kappa shape index (κ1) is 12.0.